The predicted octanol–water partition coefficient (Wildman–Crippen LogP) is 0.434. The second-order valence-corrected chi connectivity index (χ2v) is 8.54. The number of hydrogen-bond acceptors (Lipinski definition) is 6. The van der Waals surface area contributed by atoms with Gasteiger partial charge in [-0.1, -0.05) is 12.8 Å². The van der Waals surface area contributed by atoms with E-state index in [1.807, 2.05) is 0 Å². The van der Waals surface area contributed by atoms with Crippen molar-refractivity contribution in [2.24, 2.45) is 17.6 Å². The Balaban J connectivity index is 1.13. The molecule has 5 rings (SSSR count). The van der Waals surface area contributed by atoms with Crippen LogP contribution in [0, 0.1) is 11.8 Å². The molecule has 136 valence electrons. The van der Waals surface area contributed by atoms with Crippen LogP contribution in [-0.2, 0) is 18.9 Å². The summed E-state index contributed by atoms with van der Waals surface area (Å²) in [5.41, 5.74) is 6.46. The second-order valence-electron chi connectivity index (χ2n) is 8.54. The van der Waals surface area contributed by atoms with Gasteiger partial charge in [-0.15, -0.1) is 0 Å². The smallest absolute Gasteiger partial charge is 0.101 e. The monoisotopic (exact) mass is 338 g/mol. The number of nitrogens with one attached hydrogen (secondary N) is 1. The summed E-state index contributed by atoms with van der Waals surface area (Å²) in [7, 11) is 0. The van der Waals surface area contributed by atoms with E-state index in [9.17, 15) is 0 Å². The summed E-state index contributed by atoms with van der Waals surface area (Å²) in [6.07, 6.45) is 7.49. The minimum Gasteiger partial charge on any atom is -0.371 e. The van der Waals surface area contributed by atoms with Crippen LogP contribution in [0.1, 0.15) is 32.1 Å². The molecule has 5 aliphatic rings. The Kier molecular flexibility index (Phi) is 4.11. The molecular formula is C18H30N2O4. The molecular weight excluding hydrogens is 308 g/mol. The average molecular weight is 338 g/mol. The third kappa shape index (κ3) is 3.50. The van der Waals surface area contributed by atoms with Crippen LogP contribution in [0.5, 0.6) is 0 Å². The first-order valence-electron chi connectivity index (χ1n) is 9.71. The quantitative estimate of drug-likeness (QED) is 0.593. The Morgan fingerprint density at radius 2 is 1.50 bits per heavy atom. The number of ether oxygens (including phenoxy) is 4. The molecule has 4 aliphatic heterocycles. The summed E-state index contributed by atoms with van der Waals surface area (Å²) in [6.45, 7) is 4.50. The van der Waals surface area contributed by atoms with Crippen molar-refractivity contribution in [3.8, 4) is 0 Å². The summed E-state index contributed by atoms with van der Waals surface area (Å²) in [6, 6.07) is 0.402. The zero-order valence-electron chi connectivity index (χ0n) is 14.3. The van der Waals surface area contributed by atoms with E-state index in [1.165, 1.54) is 25.7 Å². The lowest BCUT2D eigenvalue weighted by Crippen LogP contribution is -2.52. The lowest BCUT2D eigenvalue weighted by Gasteiger charge is -2.36. The van der Waals surface area contributed by atoms with Gasteiger partial charge in [0.15, 0.2) is 0 Å². The molecule has 6 nitrogen and oxygen atoms in total. The van der Waals surface area contributed by atoms with Crippen molar-refractivity contribution in [3.05, 3.63) is 0 Å². The van der Waals surface area contributed by atoms with E-state index in [0.717, 1.165) is 45.3 Å². The molecule has 1 aliphatic carbocycles. The van der Waals surface area contributed by atoms with Crippen LogP contribution in [0.4, 0.5) is 0 Å². The van der Waals surface area contributed by atoms with Crippen LogP contribution >= 0.6 is 0 Å². The largest absolute Gasteiger partial charge is 0.371 e. The van der Waals surface area contributed by atoms with E-state index in [2.05, 4.69) is 5.32 Å². The first-order valence-corrected chi connectivity index (χ1v) is 9.71. The fraction of sp³-hybridized carbons (Fsp3) is 1.00. The SMILES string of the molecule is NC(CC1CCCC(CNC(C2CO2)C2CO2)C1)(C1CO1)C1CO1. The van der Waals surface area contributed by atoms with Crippen molar-refractivity contribution in [3.63, 3.8) is 0 Å². The Hall–Kier alpha value is -0.240. The maximum Gasteiger partial charge on any atom is 0.101 e. The lowest BCUT2D eigenvalue weighted by molar-refractivity contribution is 0.150. The van der Waals surface area contributed by atoms with Gasteiger partial charge in [-0.05, 0) is 37.6 Å². The van der Waals surface area contributed by atoms with Crippen molar-refractivity contribution in [1.82, 2.24) is 5.32 Å². The molecule has 1 saturated carbocycles. The Morgan fingerprint density at radius 3 is 2.04 bits per heavy atom. The van der Waals surface area contributed by atoms with Crippen molar-refractivity contribution >= 4 is 0 Å². The van der Waals surface area contributed by atoms with E-state index >= 15 is 0 Å². The van der Waals surface area contributed by atoms with Gasteiger partial charge in [0.2, 0.25) is 0 Å². The van der Waals surface area contributed by atoms with Crippen LogP contribution in [0.3, 0.4) is 0 Å². The molecule has 4 heterocycles. The third-order valence-electron chi connectivity index (χ3n) is 6.56. The molecule has 0 aromatic rings. The predicted molar refractivity (Wildman–Crippen MR) is 87.7 cm³/mol. The van der Waals surface area contributed by atoms with Crippen LogP contribution in [0.2, 0.25) is 0 Å². The molecule has 0 aromatic carbocycles. The Bertz CT molecular complexity index is 436. The normalized spacial score (nSPS) is 46.9. The molecule has 3 N–H and O–H groups in total. The summed E-state index contributed by atoms with van der Waals surface area (Å²) >= 11 is 0. The van der Waals surface area contributed by atoms with Gasteiger partial charge in [0.25, 0.3) is 0 Å². The van der Waals surface area contributed by atoms with Gasteiger partial charge in [-0.3, -0.25) is 0 Å². The summed E-state index contributed by atoms with van der Waals surface area (Å²) in [4.78, 5) is 0. The van der Waals surface area contributed by atoms with Gasteiger partial charge in [0.1, 0.15) is 12.2 Å². The summed E-state index contributed by atoms with van der Waals surface area (Å²) in [5.74, 6) is 1.45. The van der Waals surface area contributed by atoms with Crippen LogP contribution < -0.4 is 11.1 Å². The van der Waals surface area contributed by atoms with Gasteiger partial charge in [-0.25, -0.2) is 0 Å². The molecule has 5 fully saturated rings. The Morgan fingerprint density at radius 1 is 0.917 bits per heavy atom. The molecule has 0 aromatic heterocycles. The van der Waals surface area contributed by atoms with Crippen LogP contribution in [-0.4, -0.2) is 69.0 Å². The standard InChI is InChI=1S/C18H30N2O4/c19-18(15-9-23-15,16-10-24-16)5-11-2-1-3-12(4-11)6-20-17(13-7-21-13)14-8-22-14/h11-17,20H,1-10,19H2. The van der Waals surface area contributed by atoms with E-state index < -0.39 is 0 Å². The van der Waals surface area contributed by atoms with Crippen molar-refractivity contribution < 1.29 is 18.9 Å². The van der Waals surface area contributed by atoms with Gasteiger partial charge >= 0.3 is 0 Å². The zero-order valence-corrected chi connectivity index (χ0v) is 14.3. The first-order chi connectivity index (χ1) is 11.7. The van der Waals surface area contributed by atoms with E-state index in [1.54, 1.807) is 0 Å². The molecule has 6 heteroatoms. The van der Waals surface area contributed by atoms with Crippen molar-refractivity contribution in [2.45, 2.75) is 68.1 Å². The molecule has 6 atom stereocenters. The van der Waals surface area contributed by atoms with Gasteiger partial charge in [0, 0.05) is 0 Å². The number of hydrogen-bond donors (Lipinski definition) is 2. The molecule has 0 radical (unpaired) electrons. The molecule has 0 bridgehead atoms. The number of epoxide rings is 4. The average Bonchev–Trinajstić information content (AvgIpc) is 3.43. The van der Waals surface area contributed by atoms with Gasteiger partial charge < -0.3 is 30.0 Å². The van der Waals surface area contributed by atoms with Crippen molar-refractivity contribution in [2.75, 3.05) is 33.0 Å². The highest BCUT2D eigenvalue weighted by Crippen LogP contribution is 2.42. The maximum absolute atomic E-state index is 6.70. The van der Waals surface area contributed by atoms with Gasteiger partial charge in [-0.2, -0.15) is 0 Å². The van der Waals surface area contributed by atoms with E-state index in [4.69, 9.17) is 24.7 Å². The van der Waals surface area contributed by atoms with Crippen LogP contribution in [0.25, 0.3) is 0 Å². The molecule has 24 heavy (non-hydrogen) atoms. The zero-order chi connectivity index (χ0) is 16.1. The third-order valence-corrected chi connectivity index (χ3v) is 6.56. The minimum absolute atomic E-state index is 0.229. The van der Waals surface area contributed by atoms with E-state index in [0.29, 0.717) is 24.2 Å². The molecule has 4 saturated heterocycles. The minimum atomic E-state index is -0.244. The fourth-order valence-electron chi connectivity index (χ4n) is 4.79. The van der Waals surface area contributed by atoms with Crippen LogP contribution in [0.15, 0.2) is 0 Å². The van der Waals surface area contributed by atoms with Crippen molar-refractivity contribution in [1.29, 1.82) is 0 Å². The summed E-state index contributed by atoms with van der Waals surface area (Å²) < 4.78 is 22.0. The first kappa shape index (κ1) is 16.0. The highest BCUT2D eigenvalue weighted by molar-refractivity contribution is 5.09. The fourth-order valence-corrected chi connectivity index (χ4v) is 4.79. The van der Waals surface area contributed by atoms with E-state index in [-0.39, 0.29) is 17.7 Å². The molecule has 0 spiro atoms. The summed E-state index contributed by atoms with van der Waals surface area (Å²) in [5, 5.41) is 3.74. The number of rotatable bonds is 9. The lowest BCUT2D eigenvalue weighted by atomic mass is 9.73. The maximum atomic E-state index is 6.70. The topological polar surface area (TPSA) is 88.2 Å². The Labute approximate surface area is 143 Å². The second kappa shape index (κ2) is 6.18. The van der Waals surface area contributed by atoms with Gasteiger partial charge in [0.05, 0.1) is 50.2 Å². The molecule has 6 unspecified atom stereocenters. The highest BCUT2D eigenvalue weighted by Gasteiger charge is 2.55. The molecule has 0 amide bonds. The number of nitrogens with two attached hydrogens (primary N) is 1. The highest BCUT2D eigenvalue weighted by atomic mass is 16.6.